The van der Waals surface area contributed by atoms with Crippen molar-refractivity contribution in [3.8, 4) is 0 Å². The van der Waals surface area contributed by atoms with Gasteiger partial charge in [-0.2, -0.15) is 0 Å². The standard InChI is InChI=1S/C16H20N8S2/c1-3-5-7-17-14-12-10(19-23-21-14)9-11-13(26-16(9)25-12)15(22-24-20-11)18-8-6-4-2/h3-8H2,1-2H3,(H,17,19,21)(H,18,20,22). The van der Waals surface area contributed by atoms with Gasteiger partial charge in [0.2, 0.25) is 0 Å². The van der Waals surface area contributed by atoms with Crippen LogP contribution in [0.1, 0.15) is 39.5 Å². The van der Waals surface area contributed by atoms with Crippen molar-refractivity contribution >= 4 is 64.1 Å². The van der Waals surface area contributed by atoms with Gasteiger partial charge in [-0.1, -0.05) is 26.7 Å². The second kappa shape index (κ2) is 7.58. The predicted molar refractivity (Wildman–Crippen MR) is 108 cm³/mol. The van der Waals surface area contributed by atoms with Gasteiger partial charge < -0.3 is 10.6 Å². The zero-order valence-corrected chi connectivity index (χ0v) is 16.4. The molecule has 0 bridgehead atoms. The smallest absolute Gasteiger partial charge is 0.170 e. The zero-order chi connectivity index (χ0) is 17.9. The van der Waals surface area contributed by atoms with E-state index >= 15 is 0 Å². The molecule has 0 aliphatic rings. The molecule has 0 spiro atoms. The Morgan fingerprint density at radius 2 is 1.23 bits per heavy atom. The van der Waals surface area contributed by atoms with Crippen LogP contribution in [0.3, 0.4) is 0 Å². The minimum absolute atomic E-state index is 0.799. The Labute approximate surface area is 158 Å². The van der Waals surface area contributed by atoms with Crippen LogP contribution < -0.4 is 10.6 Å². The number of aromatic nitrogens is 6. The predicted octanol–water partition coefficient (Wildman–Crippen LogP) is 4.06. The van der Waals surface area contributed by atoms with E-state index in [0.717, 1.165) is 80.2 Å². The van der Waals surface area contributed by atoms with Gasteiger partial charge in [-0.15, -0.1) is 43.1 Å². The van der Waals surface area contributed by atoms with E-state index in [9.17, 15) is 0 Å². The Balaban J connectivity index is 1.79. The molecule has 2 N–H and O–H groups in total. The number of nitrogens with zero attached hydrogens (tertiary/aromatic N) is 6. The largest absolute Gasteiger partial charge is 0.367 e. The van der Waals surface area contributed by atoms with Gasteiger partial charge in [-0.05, 0) is 23.3 Å². The van der Waals surface area contributed by atoms with Gasteiger partial charge in [0.15, 0.2) is 11.6 Å². The van der Waals surface area contributed by atoms with Crippen LogP contribution in [-0.2, 0) is 0 Å². The molecule has 4 rings (SSSR count). The molecule has 8 nitrogen and oxygen atoms in total. The Morgan fingerprint density at radius 1 is 0.731 bits per heavy atom. The molecule has 26 heavy (non-hydrogen) atoms. The highest BCUT2D eigenvalue weighted by atomic mass is 32.2. The Bertz CT molecular complexity index is 962. The molecule has 0 aliphatic heterocycles. The Morgan fingerprint density at radius 3 is 1.69 bits per heavy atom. The molecule has 0 saturated carbocycles. The molecule has 0 fully saturated rings. The van der Waals surface area contributed by atoms with Crippen LogP contribution >= 0.6 is 22.7 Å². The highest BCUT2D eigenvalue weighted by molar-refractivity contribution is 7.45. The number of hydrogen-bond donors (Lipinski definition) is 2. The number of rotatable bonds is 8. The van der Waals surface area contributed by atoms with Crippen LogP contribution in [0.15, 0.2) is 0 Å². The quantitative estimate of drug-likeness (QED) is 0.436. The van der Waals surface area contributed by atoms with Crippen molar-refractivity contribution in [3.05, 3.63) is 0 Å². The third kappa shape index (κ3) is 3.03. The number of thiophene rings is 2. The van der Waals surface area contributed by atoms with Crippen molar-refractivity contribution in [2.24, 2.45) is 0 Å². The first-order chi connectivity index (χ1) is 12.8. The molecule has 4 heterocycles. The molecular weight excluding hydrogens is 368 g/mol. The molecule has 0 atom stereocenters. The summed E-state index contributed by atoms with van der Waals surface area (Å²) in [6.07, 6.45) is 4.46. The van der Waals surface area contributed by atoms with Crippen LogP contribution in [0.2, 0.25) is 0 Å². The van der Waals surface area contributed by atoms with Crippen molar-refractivity contribution in [2.45, 2.75) is 39.5 Å². The van der Waals surface area contributed by atoms with Crippen molar-refractivity contribution < 1.29 is 0 Å². The summed E-state index contributed by atoms with van der Waals surface area (Å²) in [6, 6.07) is 0. The average Bonchev–Trinajstić information content (AvgIpc) is 3.19. The van der Waals surface area contributed by atoms with E-state index in [1.807, 2.05) is 0 Å². The minimum Gasteiger partial charge on any atom is -0.367 e. The van der Waals surface area contributed by atoms with Crippen LogP contribution in [0.5, 0.6) is 0 Å². The molecule has 0 aromatic carbocycles. The molecule has 0 amide bonds. The highest BCUT2D eigenvalue weighted by Gasteiger charge is 2.20. The lowest BCUT2D eigenvalue weighted by Gasteiger charge is -2.04. The first-order valence-electron chi connectivity index (χ1n) is 8.88. The second-order valence-electron chi connectivity index (χ2n) is 6.06. The molecular formula is C16H20N8S2. The van der Waals surface area contributed by atoms with E-state index in [-0.39, 0.29) is 0 Å². The van der Waals surface area contributed by atoms with Gasteiger partial charge in [0.05, 0.1) is 9.40 Å². The van der Waals surface area contributed by atoms with Crippen molar-refractivity contribution in [1.29, 1.82) is 0 Å². The Hall–Kier alpha value is -2.20. The topological polar surface area (TPSA) is 101 Å². The number of nitrogens with one attached hydrogen (secondary N) is 2. The maximum absolute atomic E-state index is 4.29. The summed E-state index contributed by atoms with van der Waals surface area (Å²) in [5.74, 6) is 1.60. The minimum atomic E-state index is 0.799. The van der Waals surface area contributed by atoms with Crippen molar-refractivity contribution in [3.63, 3.8) is 0 Å². The first-order valence-corrected chi connectivity index (χ1v) is 10.5. The molecule has 4 aromatic rings. The average molecular weight is 389 g/mol. The summed E-state index contributed by atoms with van der Waals surface area (Å²) in [5, 5.41) is 32.6. The van der Waals surface area contributed by atoms with E-state index in [1.54, 1.807) is 22.7 Å². The summed E-state index contributed by atoms with van der Waals surface area (Å²) in [6.45, 7) is 6.10. The highest BCUT2D eigenvalue weighted by Crippen LogP contribution is 2.45. The first kappa shape index (κ1) is 17.2. The van der Waals surface area contributed by atoms with Gasteiger partial charge >= 0.3 is 0 Å². The number of hydrogen-bond acceptors (Lipinski definition) is 10. The maximum Gasteiger partial charge on any atom is 0.170 e. The number of anilines is 2. The van der Waals surface area contributed by atoms with E-state index in [1.165, 1.54) is 0 Å². The maximum atomic E-state index is 4.29. The fourth-order valence-corrected chi connectivity index (χ4v) is 5.29. The SMILES string of the molecule is CCCCNc1nnnc2c1sc1sc3c(NCCCC)nnnc3c12. The van der Waals surface area contributed by atoms with E-state index < -0.39 is 0 Å². The van der Waals surface area contributed by atoms with Gasteiger partial charge in [0.25, 0.3) is 0 Å². The van der Waals surface area contributed by atoms with E-state index in [0.29, 0.717) is 0 Å². The van der Waals surface area contributed by atoms with Gasteiger partial charge in [0, 0.05) is 13.1 Å². The molecule has 0 unspecified atom stereocenters. The lowest BCUT2D eigenvalue weighted by molar-refractivity contribution is 0.821. The third-order valence-electron chi connectivity index (χ3n) is 4.15. The zero-order valence-electron chi connectivity index (χ0n) is 14.7. The molecule has 0 radical (unpaired) electrons. The normalized spacial score (nSPS) is 11.6. The lowest BCUT2D eigenvalue weighted by Crippen LogP contribution is -2.05. The molecule has 136 valence electrons. The van der Waals surface area contributed by atoms with Crippen LogP contribution in [0.4, 0.5) is 11.6 Å². The molecule has 10 heteroatoms. The molecule has 4 aromatic heterocycles. The fourth-order valence-electron chi connectivity index (χ4n) is 2.76. The van der Waals surface area contributed by atoms with Crippen LogP contribution in [0.25, 0.3) is 29.8 Å². The van der Waals surface area contributed by atoms with Gasteiger partial charge in [-0.25, -0.2) is 0 Å². The summed E-state index contributed by atoms with van der Waals surface area (Å²) in [4.78, 5) is 0. The number of unbranched alkanes of at least 4 members (excludes halogenated alkanes) is 2. The molecule has 0 aliphatic carbocycles. The van der Waals surface area contributed by atoms with Gasteiger partial charge in [-0.3, -0.25) is 0 Å². The van der Waals surface area contributed by atoms with Crippen molar-refractivity contribution in [1.82, 2.24) is 30.8 Å². The summed E-state index contributed by atoms with van der Waals surface area (Å²) in [5.41, 5.74) is 1.68. The fraction of sp³-hybridized carbons (Fsp3) is 0.500. The van der Waals surface area contributed by atoms with E-state index in [4.69, 9.17) is 0 Å². The van der Waals surface area contributed by atoms with Crippen molar-refractivity contribution in [2.75, 3.05) is 23.7 Å². The van der Waals surface area contributed by atoms with E-state index in [2.05, 4.69) is 55.3 Å². The molecule has 0 saturated heterocycles. The summed E-state index contributed by atoms with van der Waals surface area (Å²) in [7, 11) is 0. The third-order valence-corrected chi connectivity index (χ3v) is 6.61. The monoisotopic (exact) mass is 388 g/mol. The lowest BCUT2D eigenvalue weighted by atomic mass is 10.3. The van der Waals surface area contributed by atoms with Crippen LogP contribution in [-0.4, -0.2) is 43.9 Å². The Kier molecular flexibility index (Phi) is 5.02. The number of fused-ring (bicyclic) bond motifs is 5. The van der Waals surface area contributed by atoms with Crippen LogP contribution in [0, 0.1) is 0 Å². The second-order valence-corrected chi connectivity index (χ2v) is 8.36. The van der Waals surface area contributed by atoms with Gasteiger partial charge in [0.1, 0.15) is 20.4 Å². The summed E-state index contributed by atoms with van der Waals surface area (Å²) >= 11 is 3.35. The summed E-state index contributed by atoms with van der Waals surface area (Å²) < 4.78 is 3.20.